The van der Waals surface area contributed by atoms with Crippen LogP contribution < -0.4 is 16.8 Å². The molecule has 24 heavy (non-hydrogen) atoms. The topological polar surface area (TPSA) is 98.2 Å². The molecule has 0 spiro atoms. The molecule has 0 fully saturated rings. The van der Waals surface area contributed by atoms with Gasteiger partial charge in [0.25, 0.3) is 11.8 Å². The predicted molar refractivity (Wildman–Crippen MR) is 99.7 cm³/mol. The third-order valence-corrected chi connectivity index (χ3v) is 5.80. The zero-order chi connectivity index (χ0) is 17.1. The molecule has 7 heteroatoms. The molecule has 1 aromatic carbocycles. The van der Waals surface area contributed by atoms with Gasteiger partial charge in [0, 0.05) is 27.1 Å². The van der Waals surface area contributed by atoms with Crippen LogP contribution in [0.4, 0.5) is 0 Å². The zero-order valence-corrected chi connectivity index (χ0v) is 14.5. The van der Waals surface area contributed by atoms with Gasteiger partial charge in [0.05, 0.1) is 9.75 Å². The summed E-state index contributed by atoms with van der Waals surface area (Å²) in [5, 5.41) is 3.83. The Morgan fingerprint density at radius 1 is 1.08 bits per heavy atom. The summed E-state index contributed by atoms with van der Waals surface area (Å²) >= 11 is 2.81. The Hall–Kier alpha value is -2.22. The molecule has 0 aliphatic rings. The van der Waals surface area contributed by atoms with Gasteiger partial charge in [-0.15, -0.1) is 22.7 Å². The molecule has 0 radical (unpaired) electrons. The van der Waals surface area contributed by atoms with Gasteiger partial charge in [-0.2, -0.15) is 0 Å². The first-order chi connectivity index (χ1) is 11.6. The smallest absolute Gasteiger partial charge is 0.261 e. The second-order valence-corrected chi connectivity index (χ2v) is 7.42. The molecule has 0 unspecified atom stereocenters. The van der Waals surface area contributed by atoms with Crippen LogP contribution in [0.25, 0.3) is 20.5 Å². The van der Waals surface area contributed by atoms with Crippen LogP contribution in [0.3, 0.4) is 0 Å². The quantitative estimate of drug-likeness (QED) is 0.590. The monoisotopic (exact) mass is 359 g/mol. The maximum Gasteiger partial charge on any atom is 0.261 e. The van der Waals surface area contributed by atoms with E-state index >= 15 is 0 Å². The first-order valence-corrected chi connectivity index (χ1v) is 9.14. The normalized spacial score (nSPS) is 10.9. The molecule has 5 nitrogen and oxygen atoms in total. The zero-order valence-electron chi connectivity index (χ0n) is 12.9. The standard InChI is InChI=1S/C17H17N3O2S2/c18-7-2-8-20-17(22)14-6-5-13(23-14)10-3-1-4-12-11(10)9-15(24-12)16(19)21/h1,3-6,9H,2,7-8,18H2,(H2,19,21)(H,20,22). The Bertz CT molecular complexity index is 898. The number of hydrogen-bond acceptors (Lipinski definition) is 5. The Balaban J connectivity index is 1.91. The van der Waals surface area contributed by atoms with Gasteiger partial charge in [-0.3, -0.25) is 9.59 Å². The van der Waals surface area contributed by atoms with E-state index in [1.807, 2.05) is 36.4 Å². The van der Waals surface area contributed by atoms with E-state index in [2.05, 4.69) is 5.32 Å². The summed E-state index contributed by atoms with van der Waals surface area (Å²) in [5.41, 5.74) is 11.8. The molecule has 0 bridgehead atoms. The lowest BCUT2D eigenvalue weighted by atomic mass is 10.1. The van der Waals surface area contributed by atoms with E-state index in [1.54, 1.807) is 0 Å². The molecular formula is C17H17N3O2S2. The van der Waals surface area contributed by atoms with Crippen LogP contribution in [-0.2, 0) is 0 Å². The minimum Gasteiger partial charge on any atom is -0.365 e. The summed E-state index contributed by atoms with van der Waals surface area (Å²) in [4.78, 5) is 25.7. The van der Waals surface area contributed by atoms with E-state index in [9.17, 15) is 9.59 Å². The van der Waals surface area contributed by atoms with Crippen molar-refractivity contribution in [2.75, 3.05) is 13.1 Å². The minimum atomic E-state index is -0.423. The summed E-state index contributed by atoms with van der Waals surface area (Å²) < 4.78 is 1.00. The SMILES string of the molecule is NCCCNC(=O)c1ccc(-c2cccc3sc(C(N)=O)cc23)s1. The van der Waals surface area contributed by atoms with Gasteiger partial charge in [-0.25, -0.2) is 0 Å². The molecule has 2 amide bonds. The van der Waals surface area contributed by atoms with Gasteiger partial charge < -0.3 is 16.8 Å². The number of rotatable bonds is 6. The number of fused-ring (bicyclic) bond motifs is 1. The Labute approximate surface area is 147 Å². The number of primary amides is 1. The van der Waals surface area contributed by atoms with E-state index in [-0.39, 0.29) is 5.91 Å². The number of thiophene rings is 2. The Morgan fingerprint density at radius 2 is 1.92 bits per heavy atom. The molecule has 124 valence electrons. The largest absolute Gasteiger partial charge is 0.365 e. The number of hydrogen-bond donors (Lipinski definition) is 3. The van der Waals surface area contributed by atoms with Gasteiger partial charge in [0.2, 0.25) is 0 Å². The highest BCUT2D eigenvalue weighted by molar-refractivity contribution is 7.21. The van der Waals surface area contributed by atoms with Crippen molar-refractivity contribution in [1.29, 1.82) is 0 Å². The van der Waals surface area contributed by atoms with E-state index in [1.165, 1.54) is 22.7 Å². The molecule has 3 rings (SSSR count). The summed E-state index contributed by atoms with van der Waals surface area (Å²) in [6.07, 6.45) is 0.758. The van der Waals surface area contributed by atoms with Crippen molar-refractivity contribution < 1.29 is 9.59 Å². The number of benzene rings is 1. The number of nitrogens with one attached hydrogen (secondary N) is 1. The van der Waals surface area contributed by atoms with Crippen molar-refractivity contribution in [2.45, 2.75) is 6.42 Å². The van der Waals surface area contributed by atoms with Crippen molar-refractivity contribution in [3.8, 4) is 10.4 Å². The van der Waals surface area contributed by atoms with E-state index in [4.69, 9.17) is 11.5 Å². The lowest BCUT2D eigenvalue weighted by molar-refractivity contribution is 0.0956. The molecule has 0 saturated carbocycles. The lowest BCUT2D eigenvalue weighted by Crippen LogP contribution is -2.25. The number of nitrogens with two attached hydrogens (primary N) is 2. The van der Waals surface area contributed by atoms with Gasteiger partial charge in [-0.1, -0.05) is 12.1 Å². The van der Waals surface area contributed by atoms with Gasteiger partial charge in [0.1, 0.15) is 0 Å². The maximum absolute atomic E-state index is 12.1. The molecule has 0 aliphatic carbocycles. The first-order valence-electron chi connectivity index (χ1n) is 7.51. The molecule has 2 aromatic heterocycles. The number of carbonyl (C=O) groups is 2. The van der Waals surface area contributed by atoms with Crippen molar-refractivity contribution in [2.24, 2.45) is 11.5 Å². The fourth-order valence-corrected chi connectivity index (χ4v) is 4.29. The van der Waals surface area contributed by atoms with Crippen LogP contribution in [0.2, 0.25) is 0 Å². The van der Waals surface area contributed by atoms with Crippen LogP contribution in [-0.4, -0.2) is 24.9 Å². The highest BCUT2D eigenvalue weighted by Gasteiger charge is 2.14. The van der Waals surface area contributed by atoms with Crippen molar-refractivity contribution in [3.63, 3.8) is 0 Å². The highest BCUT2D eigenvalue weighted by Crippen LogP contribution is 2.37. The molecule has 0 aliphatic heterocycles. The van der Waals surface area contributed by atoms with Crippen LogP contribution in [0.5, 0.6) is 0 Å². The minimum absolute atomic E-state index is 0.0879. The van der Waals surface area contributed by atoms with Crippen molar-refractivity contribution in [3.05, 3.63) is 46.2 Å². The number of carbonyl (C=O) groups excluding carboxylic acids is 2. The summed E-state index contributed by atoms with van der Waals surface area (Å²) in [6, 6.07) is 11.5. The van der Waals surface area contributed by atoms with Crippen LogP contribution in [0.1, 0.15) is 25.8 Å². The van der Waals surface area contributed by atoms with Crippen LogP contribution in [0.15, 0.2) is 36.4 Å². The Kier molecular flexibility index (Phi) is 4.94. The predicted octanol–water partition coefficient (Wildman–Crippen LogP) is 2.81. The van der Waals surface area contributed by atoms with Gasteiger partial charge >= 0.3 is 0 Å². The first kappa shape index (κ1) is 16.6. The molecule has 0 atom stereocenters. The summed E-state index contributed by atoms with van der Waals surface area (Å²) in [7, 11) is 0. The lowest BCUT2D eigenvalue weighted by Gasteiger charge is -2.02. The van der Waals surface area contributed by atoms with Gasteiger partial charge in [-0.05, 0) is 37.2 Å². The summed E-state index contributed by atoms with van der Waals surface area (Å²) in [6.45, 7) is 1.13. The number of amides is 2. The highest BCUT2D eigenvalue weighted by atomic mass is 32.1. The van der Waals surface area contributed by atoms with Gasteiger partial charge in [0.15, 0.2) is 0 Å². The molecule has 5 N–H and O–H groups in total. The van der Waals surface area contributed by atoms with Crippen molar-refractivity contribution in [1.82, 2.24) is 5.32 Å². The van der Waals surface area contributed by atoms with E-state index < -0.39 is 5.91 Å². The van der Waals surface area contributed by atoms with Crippen LogP contribution >= 0.6 is 22.7 Å². The maximum atomic E-state index is 12.1. The molecule has 0 saturated heterocycles. The van der Waals surface area contributed by atoms with Crippen LogP contribution in [0, 0.1) is 0 Å². The second kappa shape index (κ2) is 7.12. The second-order valence-electron chi connectivity index (χ2n) is 5.25. The average Bonchev–Trinajstić information content (AvgIpc) is 3.21. The third-order valence-electron chi connectivity index (χ3n) is 3.57. The molecular weight excluding hydrogens is 342 g/mol. The van der Waals surface area contributed by atoms with Crippen molar-refractivity contribution >= 4 is 44.6 Å². The fourth-order valence-electron chi connectivity index (χ4n) is 2.39. The fraction of sp³-hybridized carbons (Fsp3) is 0.176. The molecule has 2 heterocycles. The van der Waals surface area contributed by atoms with E-state index in [0.29, 0.717) is 22.8 Å². The summed E-state index contributed by atoms with van der Waals surface area (Å²) in [5.74, 6) is -0.511. The Morgan fingerprint density at radius 3 is 2.67 bits per heavy atom. The molecule has 3 aromatic rings. The van der Waals surface area contributed by atoms with E-state index in [0.717, 1.165) is 26.9 Å². The third kappa shape index (κ3) is 3.33. The average molecular weight is 359 g/mol.